The van der Waals surface area contributed by atoms with E-state index in [9.17, 15) is 9.59 Å². The second kappa shape index (κ2) is 13.0. The molecule has 0 fully saturated rings. The van der Waals surface area contributed by atoms with Crippen LogP contribution in [0.15, 0.2) is 109 Å². The third kappa shape index (κ3) is 6.38. The van der Waals surface area contributed by atoms with Gasteiger partial charge in [-0.05, 0) is 59.7 Å². The van der Waals surface area contributed by atoms with Gasteiger partial charge < -0.3 is 10.6 Å². The van der Waals surface area contributed by atoms with Crippen LogP contribution in [0.2, 0.25) is 8.67 Å². The molecule has 2 N–H and O–H groups in total. The van der Waals surface area contributed by atoms with Crippen molar-refractivity contribution in [1.29, 1.82) is 0 Å². The lowest BCUT2D eigenvalue weighted by atomic mass is 10.1. The first-order chi connectivity index (χ1) is 22.4. The van der Waals surface area contributed by atoms with Crippen molar-refractivity contribution in [2.45, 2.75) is 13.1 Å². The van der Waals surface area contributed by atoms with Crippen molar-refractivity contribution in [1.82, 2.24) is 20.6 Å². The SMILES string of the molecule is O=C(NCc1cccc(CNC(=O)c2cc(-c3ccc(Cl)s3)nc3ccccc23)c1)c1cc(-c2ccc(Cl)s2)nc2ccccc12. The van der Waals surface area contributed by atoms with E-state index in [4.69, 9.17) is 33.2 Å². The number of pyridine rings is 2. The van der Waals surface area contributed by atoms with E-state index in [2.05, 4.69) is 10.6 Å². The molecule has 46 heavy (non-hydrogen) atoms. The first-order valence-corrected chi connectivity index (χ1v) is 16.8. The Bertz CT molecular complexity index is 2110. The molecule has 0 saturated heterocycles. The monoisotopic (exact) mass is 678 g/mol. The highest BCUT2D eigenvalue weighted by Gasteiger charge is 2.17. The van der Waals surface area contributed by atoms with Gasteiger partial charge in [0.2, 0.25) is 0 Å². The van der Waals surface area contributed by atoms with Crippen LogP contribution >= 0.6 is 45.9 Å². The fraction of sp³-hybridized carbons (Fsp3) is 0.0556. The topological polar surface area (TPSA) is 84.0 Å². The van der Waals surface area contributed by atoms with Gasteiger partial charge in [-0.3, -0.25) is 9.59 Å². The van der Waals surface area contributed by atoms with Crippen LogP contribution in [0.4, 0.5) is 0 Å². The summed E-state index contributed by atoms with van der Waals surface area (Å²) in [6.07, 6.45) is 0. The summed E-state index contributed by atoms with van der Waals surface area (Å²) < 4.78 is 1.32. The van der Waals surface area contributed by atoms with Gasteiger partial charge in [0.05, 0.1) is 52.0 Å². The van der Waals surface area contributed by atoms with E-state index in [1.165, 1.54) is 22.7 Å². The molecular formula is C36H24Cl2N4O2S2. The van der Waals surface area contributed by atoms with Crippen LogP contribution in [0.3, 0.4) is 0 Å². The van der Waals surface area contributed by atoms with E-state index >= 15 is 0 Å². The predicted octanol–water partition coefficient (Wildman–Crippen LogP) is 9.41. The number of hydrogen-bond acceptors (Lipinski definition) is 6. The minimum absolute atomic E-state index is 0.200. The van der Waals surface area contributed by atoms with Crippen LogP contribution in [0, 0.1) is 0 Å². The Kier molecular flexibility index (Phi) is 8.51. The van der Waals surface area contributed by atoms with E-state index in [1.807, 2.05) is 109 Å². The number of carbonyl (C=O) groups is 2. The van der Waals surface area contributed by atoms with Gasteiger partial charge in [0.15, 0.2) is 0 Å². The molecule has 7 aromatic rings. The summed E-state index contributed by atoms with van der Waals surface area (Å²) in [7, 11) is 0. The number of halogens is 2. The fourth-order valence-corrected chi connectivity index (χ4v) is 7.30. The molecule has 0 bridgehead atoms. The maximum Gasteiger partial charge on any atom is 0.252 e. The summed E-state index contributed by atoms with van der Waals surface area (Å²) in [6.45, 7) is 0.637. The Morgan fingerprint density at radius 1 is 0.565 bits per heavy atom. The Morgan fingerprint density at radius 3 is 1.46 bits per heavy atom. The Morgan fingerprint density at radius 2 is 1.02 bits per heavy atom. The Balaban J connectivity index is 1.07. The highest BCUT2D eigenvalue weighted by molar-refractivity contribution is 7.19. The quantitative estimate of drug-likeness (QED) is 0.168. The number of amides is 2. The minimum Gasteiger partial charge on any atom is -0.348 e. The van der Waals surface area contributed by atoms with Gasteiger partial charge >= 0.3 is 0 Å². The molecule has 0 radical (unpaired) electrons. The van der Waals surface area contributed by atoms with E-state index in [0.29, 0.717) is 44.3 Å². The summed E-state index contributed by atoms with van der Waals surface area (Å²) >= 11 is 15.2. The van der Waals surface area contributed by atoms with Gasteiger partial charge in [-0.2, -0.15) is 0 Å². The number of rotatable bonds is 8. The molecule has 2 amide bonds. The molecule has 0 atom stereocenters. The van der Waals surface area contributed by atoms with Crippen LogP contribution in [-0.2, 0) is 13.1 Å². The Hall–Kier alpha value is -4.60. The second-order valence-electron chi connectivity index (χ2n) is 10.5. The van der Waals surface area contributed by atoms with E-state index in [-0.39, 0.29) is 11.8 Å². The molecule has 3 aromatic carbocycles. The second-order valence-corrected chi connectivity index (χ2v) is 14.0. The molecule has 0 spiro atoms. The summed E-state index contributed by atoms with van der Waals surface area (Å²) in [5.41, 5.74) is 5.79. The molecule has 6 nitrogen and oxygen atoms in total. The predicted molar refractivity (Wildman–Crippen MR) is 189 cm³/mol. The molecular weight excluding hydrogens is 655 g/mol. The maximum absolute atomic E-state index is 13.5. The molecule has 4 aromatic heterocycles. The minimum atomic E-state index is -0.200. The van der Waals surface area contributed by atoms with Gasteiger partial charge in [0.25, 0.3) is 11.8 Å². The zero-order valence-corrected chi connectivity index (χ0v) is 27.2. The molecule has 10 heteroatoms. The van der Waals surface area contributed by atoms with Crippen LogP contribution in [0.1, 0.15) is 31.8 Å². The number of benzene rings is 3. The molecule has 226 valence electrons. The smallest absolute Gasteiger partial charge is 0.252 e. The van der Waals surface area contributed by atoms with Gasteiger partial charge in [0, 0.05) is 23.9 Å². The summed E-state index contributed by atoms with van der Waals surface area (Å²) in [6, 6.07) is 34.1. The van der Waals surface area contributed by atoms with Gasteiger partial charge in [-0.25, -0.2) is 9.97 Å². The number of carbonyl (C=O) groups excluding carboxylic acids is 2. The number of thiophene rings is 2. The Labute approximate surface area is 282 Å². The number of fused-ring (bicyclic) bond motifs is 2. The highest BCUT2D eigenvalue weighted by atomic mass is 35.5. The molecule has 0 unspecified atom stereocenters. The average Bonchev–Trinajstić information content (AvgIpc) is 3.73. The van der Waals surface area contributed by atoms with Crippen molar-refractivity contribution < 1.29 is 9.59 Å². The van der Waals surface area contributed by atoms with Crippen molar-refractivity contribution in [3.8, 4) is 21.1 Å². The van der Waals surface area contributed by atoms with Crippen molar-refractivity contribution in [3.63, 3.8) is 0 Å². The molecule has 0 aliphatic carbocycles. The van der Waals surface area contributed by atoms with Crippen molar-refractivity contribution >= 4 is 79.5 Å². The standard InChI is InChI=1S/C36H24Cl2N4O2S2/c37-33-14-12-31(45-33)29-17-25(23-8-1-3-10-27(23)41-29)35(43)39-19-21-6-5-7-22(16-21)20-40-36(44)26-18-30(32-13-15-34(38)46-32)42-28-11-4-2-9-24(26)28/h1-18H,19-20H2,(H,39,43)(H,40,44). The molecule has 0 saturated carbocycles. The summed E-state index contributed by atoms with van der Waals surface area (Å²) in [5.74, 6) is -0.401. The number of hydrogen-bond donors (Lipinski definition) is 2. The molecule has 0 aliphatic heterocycles. The van der Waals surface area contributed by atoms with Gasteiger partial charge in [-0.1, -0.05) is 83.9 Å². The largest absolute Gasteiger partial charge is 0.348 e. The van der Waals surface area contributed by atoms with Crippen LogP contribution in [0.25, 0.3) is 42.9 Å². The third-order valence-corrected chi connectivity index (χ3v) is 9.98. The molecule has 4 heterocycles. The van der Waals surface area contributed by atoms with E-state index in [1.54, 1.807) is 0 Å². The normalized spacial score (nSPS) is 11.2. The lowest BCUT2D eigenvalue weighted by Gasteiger charge is -2.12. The average molecular weight is 680 g/mol. The maximum atomic E-state index is 13.5. The van der Waals surface area contributed by atoms with Crippen LogP contribution in [-0.4, -0.2) is 21.8 Å². The highest BCUT2D eigenvalue weighted by Crippen LogP contribution is 2.33. The third-order valence-electron chi connectivity index (χ3n) is 7.47. The zero-order chi connectivity index (χ0) is 31.6. The lowest BCUT2D eigenvalue weighted by molar-refractivity contribution is 0.0945. The number of nitrogens with zero attached hydrogens (tertiary/aromatic N) is 2. The molecule has 0 aliphatic rings. The first kappa shape index (κ1) is 30.1. The van der Waals surface area contributed by atoms with Gasteiger partial charge in [-0.15, -0.1) is 22.7 Å². The van der Waals surface area contributed by atoms with Gasteiger partial charge in [0.1, 0.15) is 0 Å². The summed E-state index contributed by atoms with van der Waals surface area (Å²) in [4.78, 5) is 38.3. The fourth-order valence-electron chi connectivity index (χ4n) is 5.29. The van der Waals surface area contributed by atoms with Crippen LogP contribution in [0.5, 0.6) is 0 Å². The van der Waals surface area contributed by atoms with E-state index < -0.39 is 0 Å². The number of para-hydroxylation sites is 2. The van der Waals surface area contributed by atoms with Crippen molar-refractivity contribution in [3.05, 3.63) is 140 Å². The molecule has 7 rings (SSSR count). The first-order valence-electron chi connectivity index (χ1n) is 14.4. The van der Waals surface area contributed by atoms with Crippen molar-refractivity contribution in [2.75, 3.05) is 0 Å². The number of aromatic nitrogens is 2. The lowest BCUT2D eigenvalue weighted by Crippen LogP contribution is -2.24. The zero-order valence-electron chi connectivity index (χ0n) is 24.1. The van der Waals surface area contributed by atoms with Crippen molar-refractivity contribution in [2.24, 2.45) is 0 Å². The van der Waals surface area contributed by atoms with Crippen LogP contribution < -0.4 is 10.6 Å². The number of nitrogens with one attached hydrogen (secondary N) is 2. The van der Waals surface area contributed by atoms with E-state index in [0.717, 1.165) is 42.7 Å². The summed E-state index contributed by atoms with van der Waals surface area (Å²) in [5, 5.41) is 7.67.